The molecular formula is C18H31N3O4. The van der Waals surface area contributed by atoms with Crippen LogP contribution in [0.3, 0.4) is 0 Å². The van der Waals surface area contributed by atoms with Crippen LogP contribution in [0.5, 0.6) is 0 Å². The number of hydrogen-bond donors (Lipinski definition) is 1. The summed E-state index contributed by atoms with van der Waals surface area (Å²) in [5.74, 6) is -0.155. The standard InChI is InChI=1S/C18H31N3O4/c1-18(2,3)21-12-13(11-16(21)23)17(24)19-14-5-8-20(9-6-14)15(22)7-10-25-4/h13-14H,5-12H2,1-4H3,(H,19,24). The van der Waals surface area contributed by atoms with Gasteiger partial charge in [-0.1, -0.05) is 0 Å². The van der Waals surface area contributed by atoms with Gasteiger partial charge in [-0.05, 0) is 33.6 Å². The first kappa shape index (κ1) is 19.7. The van der Waals surface area contributed by atoms with E-state index in [1.165, 1.54) is 0 Å². The van der Waals surface area contributed by atoms with Crippen LogP contribution in [-0.2, 0) is 19.1 Å². The van der Waals surface area contributed by atoms with E-state index in [1.54, 1.807) is 12.0 Å². The Morgan fingerprint density at radius 2 is 1.88 bits per heavy atom. The first-order chi connectivity index (χ1) is 11.7. The average molecular weight is 353 g/mol. The predicted molar refractivity (Wildman–Crippen MR) is 93.8 cm³/mol. The van der Waals surface area contributed by atoms with Crippen molar-refractivity contribution in [1.82, 2.24) is 15.1 Å². The molecule has 7 heteroatoms. The van der Waals surface area contributed by atoms with Gasteiger partial charge in [0.1, 0.15) is 0 Å². The van der Waals surface area contributed by atoms with Crippen LogP contribution in [0.25, 0.3) is 0 Å². The van der Waals surface area contributed by atoms with Gasteiger partial charge in [-0.25, -0.2) is 0 Å². The summed E-state index contributed by atoms with van der Waals surface area (Å²) in [6, 6.07) is 0.0813. The zero-order valence-corrected chi connectivity index (χ0v) is 15.8. The first-order valence-electron chi connectivity index (χ1n) is 9.10. The quantitative estimate of drug-likeness (QED) is 0.792. The zero-order chi connectivity index (χ0) is 18.6. The monoisotopic (exact) mass is 353 g/mol. The molecule has 2 aliphatic rings. The van der Waals surface area contributed by atoms with Crippen LogP contribution in [0.15, 0.2) is 0 Å². The first-order valence-corrected chi connectivity index (χ1v) is 9.10. The van der Waals surface area contributed by atoms with Crippen molar-refractivity contribution in [3.63, 3.8) is 0 Å². The van der Waals surface area contributed by atoms with Crippen molar-refractivity contribution >= 4 is 17.7 Å². The molecule has 25 heavy (non-hydrogen) atoms. The number of carbonyl (C=O) groups is 3. The van der Waals surface area contributed by atoms with Gasteiger partial charge in [0.15, 0.2) is 0 Å². The van der Waals surface area contributed by atoms with Gasteiger partial charge in [-0.15, -0.1) is 0 Å². The smallest absolute Gasteiger partial charge is 0.225 e. The lowest BCUT2D eigenvalue weighted by Crippen LogP contribution is -2.48. The number of amides is 3. The summed E-state index contributed by atoms with van der Waals surface area (Å²) in [7, 11) is 1.59. The Bertz CT molecular complexity index is 507. The van der Waals surface area contributed by atoms with Crippen molar-refractivity contribution in [2.45, 2.75) is 58.0 Å². The molecular weight excluding hydrogens is 322 g/mol. The third kappa shape index (κ3) is 5.17. The highest BCUT2D eigenvalue weighted by Crippen LogP contribution is 2.26. The van der Waals surface area contributed by atoms with Gasteiger partial charge in [-0.3, -0.25) is 14.4 Å². The summed E-state index contributed by atoms with van der Waals surface area (Å²) in [5, 5.41) is 3.08. The van der Waals surface area contributed by atoms with Crippen LogP contribution in [0.2, 0.25) is 0 Å². The number of likely N-dealkylation sites (tertiary alicyclic amines) is 2. The number of methoxy groups -OCH3 is 1. The highest BCUT2D eigenvalue weighted by atomic mass is 16.5. The lowest BCUT2D eigenvalue weighted by molar-refractivity contribution is -0.134. The van der Waals surface area contributed by atoms with E-state index in [1.807, 2.05) is 25.7 Å². The van der Waals surface area contributed by atoms with Crippen LogP contribution in [-0.4, -0.2) is 72.5 Å². The number of nitrogens with zero attached hydrogens (tertiary/aromatic N) is 2. The maximum Gasteiger partial charge on any atom is 0.225 e. The second kappa shape index (κ2) is 8.17. The fourth-order valence-corrected chi connectivity index (χ4v) is 3.47. The molecule has 0 aromatic rings. The predicted octanol–water partition coefficient (Wildman–Crippen LogP) is 0.777. The maximum absolute atomic E-state index is 12.5. The van der Waals surface area contributed by atoms with Crippen molar-refractivity contribution in [1.29, 1.82) is 0 Å². The van der Waals surface area contributed by atoms with E-state index in [0.29, 0.717) is 32.7 Å². The molecule has 1 unspecified atom stereocenters. The molecule has 0 aliphatic carbocycles. The Morgan fingerprint density at radius 1 is 1.24 bits per heavy atom. The zero-order valence-electron chi connectivity index (χ0n) is 15.8. The van der Waals surface area contributed by atoms with Crippen LogP contribution < -0.4 is 5.32 Å². The third-order valence-corrected chi connectivity index (χ3v) is 5.02. The number of piperidine rings is 1. The Hall–Kier alpha value is -1.63. The summed E-state index contributed by atoms with van der Waals surface area (Å²) < 4.78 is 4.94. The molecule has 1 atom stereocenters. The normalized spacial score (nSPS) is 22.4. The highest BCUT2D eigenvalue weighted by Gasteiger charge is 2.40. The van der Waals surface area contributed by atoms with E-state index in [9.17, 15) is 14.4 Å². The minimum absolute atomic E-state index is 0.0377. The number of hydrogen-bond acceptors (Lipinski definition) is 4. The summed E-state index contributed by atoms with van der Waals surface area (Å²) in [6.07, 6.45) is 2.21. The van der Waals surface area contributed by atoms with E-state index in [4.69, 9.17) is 4.74 Å². The lowest BCUT2D eigenvalue weighted by Gasteiger charge is -2.33. The van der Waals surface area contributed by atoms with Crippen LogP contribution in [0, 0.1) is 5.92 Å². The van der Waals surface area contributed by atoms with Crippen molar-refractivity contribution in [2.75, 3.05) is 33.4 Å². The van der Waals surface area contributed by atoms with Crippen molar-refractivity contribution in [2.24, 2.45) is 5.92 Å². The molecule has 0 bridgehead atoms. The molecule has 0 radical (unpaired) electrons. The topological polar surface area (TPSA) is 79.0 Å². The average Bonchev–Trinajstić information content (AvgIpc) is 2.95. The molecule has 0 spiro atoms. The second-order valence-corrected chi connectivity index (χ2v) is 7.98. The Labute approximate surface area is 150 Å². The van der Waals surface area contributed by atoms with E-state index in [-0.39, 0.29) is 41.6 Å². The number of nitrogens with one attached hydrogen (secondary N) is 1. The SMILES string of the molecule is COCCC(=O)N1CCC(NC(=O)C2CC(=O)N(C(C)(C)C)C2)CC1. The molecule has 2 rings (SSSR count). The molecule has 0 saturated carbocycles. The molecule has 142 valence electrons. The maximum atomic E-state index is 12.5. The third-order valence-electron chi connectivity index (χ3n) is 5.02. The van der Waals surface area contributed by atoms with Gasteiger partial charge < -0.3 is 19.9 Å². The number of rotatable bonds is 5. The molecule has 2 aliphatic heterocycles. The van der Waals surface area contributed by atoms with E-state index in [0.717, 1.165) is 12.8 Å². The van der Waals surface area contributed by atoms with Gasteiger partial charge in [0.2, 0.25) is 17.7 Å². The molecule has 0 aromatic carbocycles. The Morgan fingerprint density at radius 3 is 2.40 bits per heavy atom. The van der Waals surface area contributed by atoms with E-state index in [2.05, 4.69) is 5.32 Å². The lowest BCUT2D eigenvalue weighted by atomic mass is 10.0. The van der Waals surface area contributed by atoms with Crippen molar-refractivity contribution in [3.8, 4) is 0 Å². The molecule has 2 heterocycles. The van der Waals surface area contributed by atoms with Gasteiger partial charge in [0, 0.05) is 44.7 Å². The molecule has 2 fully saturated rings. The minimum atomic E-state index is -0.270. The fraction of sp³-hybridized carbons (Fsp3) is 0.833. The largest absolute Gasteiger partial charge is 0.384 e. The molecule has 2 saturated heterocycles. The van der Waals surface area contributed by atoms with Crippen molar-refractivity contribution in [3.05, 3.63) is 0 Å². The van der Waals surface area contributed by atoms with E-state index < -0.39 is 0 Å². The number of carbonyl (C=O) groups excluding carboxylic acids is 3. The van der Waals surface area contributed by atoms with Gasteiger partial charge in [0.05, 0.1) is 18.9 Å². The summed E-state index contributed by atoms with van der Waals surface area (Å²) >= 11 is 0. The van der Waals surface area contributed by atoms with Crippen LogP contribution in [0.4, 0.5) is 0 Å². The van der Waals surface area contributed by atoms with E-state index >= 15 is 0 Å². The second-order valence-electron chi connectivity index (χ2n) is 7.98. The van der Waals surface area contributed by atoms with Gasteiger partial charge in [0.25, 0.3) is 0 Å². The van der Waals surface area contributed by atoms with Gasteiger partial charge >= 0.3 is 0 Å². The molecule has 7 nitrogen and oxygen atoms in total. The number of ether oxygens (including phenoxy) is 1. The summed E-state index contributed by atoms with van der Waals surface area (Å²) in [5.41, 5.74) is -0.250. The molecule has 0 aromatic heterocycles. The summed E-state index contributed by atoms with van der Waals surface area (Å²) in [4.78, 5) is 40.2. The molecule has 1 N–H and O–H groups in total. The van der Waals surface area contributed by atoms with Crippen LogP contribution in [0.1, 0.15) is 46.5 Å². The molecule has 3 amide bonds. The van der Waals surface area contributed by atoms with Crippen LogP contribution >= 0.6 is 0 Å². The highest BCUT2D eigenvalue weighted by molar-refractivity contribution is 5.89. The summed E-state index contributed by atoms with van der Waals surface area (Å²) in [6.45, 7) is 8.21. The fourth-order valence-electron chi connectivity index (χ4n) is 3.47. The van der Waals surface area contributed by atoms with Gasteiger partial charge in [-0.2, -0.15) is 0 Å². The van der Waals surface area contributed by atoms with Crippen molar-refractivity contribution < 1.29 is 19.1 Å². The Kier molecular flexibility index (Phi) is 6.43. The Balaban J connectivity index is 1.78. The minimum Gasteiger partial charge on any atom is -0.384 e.